The van der Waals surface area contributed by atoms with E-state index >= 15 is 0 Å². The molecule has 3 heteroatoms. The van der Waals surface area contributed by atoms with Crippen LogP contribution in [0.3, 0.4) is 0 Å². The Balaban J connectivity index is 3.82. The highest BCUT2D eigenvalue weighted by Gasteiger charge is 2.18. The molecule has 0 aliphatic heterocycles. The van der Waals surface area contributed by atoms with Crippen molar-refractivity contribution in [2.75, 3.05) is 6.54 Å². The summed E-state index contributed by atoms with van der Waals surface area (Å²) in [6.45, 7) is 11.3. The molecule has 0 aromatic rings. The van der Waals surface area contributed by atoms with Crippen LogP contribution in [0, 0.1) is 11.3 Å². The van der Waals surface area contributed by atoms with Gasteiger partial charge >= 0.3 is 0 Å². The molecule has 0 radical (unpaired) electrons. The van der Waals surface area contributed by atoms with Crippen LogP contribution < -0.4 is 11.1 Å². The minimum absolute atomic E-state index is 0.0985. The van der Waals surface area contributed by atoms with Crippen molar-refractivity contribution in [2.45, 2.75) is 66.3 Å². The molecule has 17 heavy (non-hydrogen) atoms. The third-order valence-electron chi connectivity index (χ3n) is 3.44. The van der Waals surface area contributed by atoms with Gasteiger partial charge in [0.05, 0.1) is 0 Å². The standard InChI is InChI=1S/C14H30N2O/c1-6-14(4,5)10-16-13(17)11(2)8-7-9-12(3)15/h11-12H,6-10,15H2,1-5H3,(H,16,17). The third kappa shape index (κ3) is 8.19. The molecule has 0 spiro atoms. The van der Waals surface area contributed by atoms with Crippen molar-refractivity contribution in [1.82, 2.24) is 5.32 Å². The van der Waals surface area contributed by atoms with E-state index in [0.717, 1.165) is 32.2 Å². The number of nitrogens with two attached hydrogens (primary N) is 1. The van der Waals surface area contributed by atoms with Crippen molar-refractivity contribution in [3.05, 3.63) is 0 Å². The second-order valence-corrected chi connectivity index (χ2v) is 6.04. The highest BCUT2D eigenvalue weighted by Crippen LogP contribution is 2.18. The first-order valence-electron chi connectivity index (χ1n) is 6.82. The van der Waals surface area contributed by atoms with Gasteiger partial charge in [-0.25, -0.2) is 0 Å². The van der Waals surface area contributed by atoms with Gasteiger partial charge in [0.15, 0.2) is 0 Å². The van der Waals surface area contributed by atoms with E-state index in [9.17, 15) is 4.79 Å². The lowest BCUT2D eigenvalue weighted by molar-refractivity contribution is -0.125. The molecule has 3 N–H and O–H groups in total. The molecule has 2 unspecified atom stereocenters. The number of hydrogen-bond donors (Lipinski definition) is 2. The molecule has 0 aliphatic rings. The van der Waals surface area contributed by atoms with E-state index in [1.54, 1.807) is 0 Å². The zero-order valence-corrected chi connectivity index (χ0v) is 12.2. The fraction of sp³-hybridized carbons (Fsp3) is 0.929. The Morgan fingerprint density at radius 2 is 1.88 bits per heavy atom. The molecule has 0 saturated heterocycles. The Hall–Kier alpha value is -0.570. The third-order valence-corrected chi connectivity index (χ3v) is 3.44. The molecule has 0 aliphatic carbocycles. The van der Waals surface area contributed by atoms with Crippen LogP contribution in [0.4, 0.5) is 0 Å². The smallest absolute Gasteiger partial charge is 0.222 e. The molecule has 1 amide bonds. The van der Waals surface area contributed by atoms with E-state index in [4.69, 9.17) is 5.73 Å². The summed E-state index contributed by atoms with van der Waals surface area (Å²) in [5.41, 5.74) is 5.88. The molecular formula is C14H30N2O. The summed E-state index contributed by atoms with van der Waals surface area (Å²) in [5, 5.41) is 3.04. The number of nitrogens with one attached hydrogen (secondary N) is 1. The van der Waals surface area contributed by atoms with Gasteiger partial charge in [-0.2, -0.15) is 0 Å². The molecule has 2 atom stereocenters. The Bertz CT molecular complexity index is 224. The van der Waals surface area contributed by atoms with Crippen LogP contribution in [-0.4, -0.2) is 18.5 Å². The molecule has 0 aromatic carbocycles. The van der Waals surface area contributed by atoms with E-state index in [1.165, 1.54) is 0 Å². The Morgan fingerprint density at radius 3 is 2.35 bits per heavy atom. The van der Waals surface area contributed by atoms with Crippen molar-refractivity contribution in [3.8, 4) is 0 Å². The Labute approximate surface area is 107 Å². The lowest BCUT2D eigenvalue weighted by atomic mass is 9.90. The van der Waals surface area contributed by atoms with Gasteiger partial charge in [-0.1, -0.05) is 34.1 Å². The monoisotopic (exact) mass is 242 g/mol. The van der Waals surface area contributed by atoms with Crippen LogP contribution in [0.15, 0.2) is 0 Å². The van der Waals surface area contributed by atoms with Crippen LogP contribution in [-0.2, 0) is 4.79 Å². The molecular weight excluding hydrogens is 212 g/mol. The van der Waals surface area contributed by atoms with Gasteiger partial charge in [0.25, 0.3) is 0 Å². The van der Waals surface area contributed by atoms with Gasteiger partial charge in [-0.05, 0) is 31.6 Å². The second-order valence-electron chi connectivity index (χ2n) is 6.04. The number of carbonyl (C=O) groups is 1. The summed E-state index contributed by atoms with van der Waals surface area (Å²) in [6.07, 6.45) is 4.04. The van der Waals surface area contributed by atoms with Crippen molar-refractivity contribution >= 4 is 5.91 Å². The SMILES string of the molecule is CCC(C)(C)CNC(=O)C(C)CCCC(C)N. The van der Waals surface area contributed by atoms with E-state index in [0.29, 0.717) is 0 Å². The molecule has 102 valence electrons. The molecule has 0 bridgehead atoms. The first-order valence-corrected chi connectivity index (χ1v) is 6.82. The number of hydrogen-bond acceptors (Lipinski definition) is 2. The van der Waals surface area contributed by atoms with Gasteiger partial charge in [0, 0.05) is 18.5 Å². The lowest BCUT2D eigenvalue weighted by Crippen LogP contribution is -2.36. The maximum absolute atomic E-state index is 11.8. The minimum Gasteiger partial charge on any atom is -0.355 e. The van der Waals surface area contributed by atoms with E-state index in [1.807, 2.05) is 13.8 Å². The summed E-state index contributed by atoms with van der Waals surface area (Å²) in [4.78, 5) is 11.8. The van der Waals surface area contributed by atoms with Gasteiger partial charge in [-0.15, -0.1) is 0 Å². The minimum atomic E-state index is 0.0985. The largest absolute Gasteiger partial charge is 0.355 e. The molecule has 0 fully saturated rings. The van der Waals surface area contributed by atoms with Gasteiger partial charge in [0.1, 0.15) is 0 Å². The number of rotatable bonds is 8. The average Bonchev–Trinajstić information content (AvgIpc) is 2.25. The Kier molecular flexibility index (Phi) is 7.44. The fourth-order valence-electron chi connectivity index (χ4n) is 1.50. The summed E-state index contributed by atoms with van der Waals surface area (Å²) in [7, 11) is 0. The maximum Gasteiger partial charge on any atom is 0.222 e. The quantitative estimate of drug-likeness (QED) is 0.687. The van der Waals surface area contributed by atoms with E-state index in [2.05, 4.69) is 26.1 Å². The van der Waals surface area contributed by atoms with Crippen LogP contribution in [0.2, 0.25) is 0 Å². The average molecular weight is 242 g/mol. The Morgan fingerprint density at radius 1 is 1.29 bits per heavy atom. The van der Waals surface area contributed by atoms with Crippen molar-refractivity contribution in [3.63, 3.8) is 0 Å². The van der Waals surface area contributed by atoms with Gasteiger partial charge in [-0.3, -0.25) is 4.79 Å². The van der Waals surface area contributed by atoms with Crippen LogP contribution in [0.25, 0.3) is 0 Å². The predicted molar refractivity (Wildman–Crippen MR) is 73.7 cm³/mol. The molecule has 0 heterocycles. The summed E-state index contributed by atoms with van der Waals surface area (Å²) in [6, 6.07) is 0.240. The van der Waals surface area contributed by atoms with Crippen molar-refractivity contribution < 1.29 is 4.79 Å². The zero-order valence-electron chi connectivity index (χ0n) is 12.2. The number of amides is 1. The highest BCUT2D eigenvalue weighted by atomic mass is 16.1. The fourth-order valence-corrected chi connectivity index (χ4v) is 1.50. The van der Waals surface area contributed by atoms with Gasteiger partial charge < -0.3 is 11.1 Å². The molecule has 0 saturated carbocycles. The molecule has 0 rings (SSSR count). The van der Waals surface area contributed by atoms with Gasteiger partial charge in [0.2, 0.25) is 5.91 Å². The summed E-state index contributed by atoms with van der Waals surface area (Å²) >= 11 is 0. The van der Waals surface area contributed by atoms with Crippen molar-refractivity contribution in [2.24, 2.45) is 17.1 Å². The summed E-state index contributed by atoms with van der Waals surface area (Å²) < 4.78 is 0. The normalized spacial score (nSPS) is 15.4. The first-order chi connectivity index (χ1) is 7.78. The molecule has 3 nitrogen and oxygen atoms in total. The second kappa shape index (κ2) is 7.70. The van der Waals surface area contributed by atoms with Crippen LogP contribution >= 0.6 is 0 Å². The van der Waals surface area contributed by atoms with E-state index < -0.39 is 0 Å². The topological polar surface area (TPSA) is 55.1 Å². The molecule has 0 aromatic heterocycles. The zero-order chi connectivity index (χ0) is 13.5. The van der Waals surface area contributed by atoms with Crippen molar-refractivity contribution in [1.29, 1.82) is 0 Å². The highest BCUT2D eigenvalue weighted by molar-refractivity contribution is 5.78. The lowest BCUT2D eigenvalue weighted by Gasteiger charge is -2.24. The van der Waals surface area contributed by atoms with Crippen LogP contribution in [0.1, 0.15) is 60.3 Å². The van der Waals surface area contributed by atoms with Crippen LogP contribution in [0.5, 0.6) is 0 Å². The van der Waals surface area contributed by atoms with E-state index in [-0.39, 0.29) is 23.3 Å². The summed E-state index contributed by atoms with van der Waals surface area (Å²) in [5.74, 6) is 0.276. The maximum atomic E-state index is 11.8. The first kappa shape index (κ1) is 16.4. The predicted octanol–water partition coefficient (Wildman–Crippen LogP) is 2.69. The number of carbonyl (C=O) groups excluding carboxylic acids is 1.